The van der Waals surface area contributed by atoms with E-state index in [1.54, 1.807) is 12.1 Å². The van der Waals surface area contributed by atoms with E-state index in [2.05, 4.69) is 36.1 Å². The SMILES string of the molecule is COOCc1ccc(Nc2cnc(Br)cn2)c(N(O)O)c1. The summed E-state index contributed by atoms with van der Waals surface area (Å²) in [5.74, 6) is 0.460. The van der Waals surface area contributed by atoms with Crippen LogP contribution in [-0.2, 0) is 16.4 Å². The average Bonchev–Trinajstić information content (AvgIpc) is 2.48. The van der Waals surface area contributed by atoms with Crippen LogP contribution >= 0.6 is 15.9 Å². The van der Waals surface area contributed by atoms with Gasteiger partial charge in [0.1, 0.15) is 22.7 Å². The van der Waals surface area contributed by atoms with Crippen LogP contribution in [0.3, 0.4) is 0 Å². The Kier molecular flexibility index (Phi) is 5.42. The summed E-state index contributed by atoms with van der Waals surface area (Å²) < 4.78 is 0.603. The molecule has 2 rings (SSSR count). The molecule has 112 valence electrons. The lowest BCUT2D eigenvalue weighted by molar-refractivity contribution is -0.282. The minimum atomic E-state index is 0.0188. The summed E-state index contributed by atoms with van der Waals surface area (Å²) >= 11 is 3.19. The van der Waals surface area contributed by atoms with Crippen LogP contribution in [0.15, 0.2) is 35.2 Å². The maximum absolute atomic E-state index is 9.31. The Labute approximate surface area is 128 Å². The molecule has 0 aliphatic heterocycles. The minimum Gasteiger partial charge on any atom is -0.337 e. The first-order valence-corrected chi connectivity index (χ1v) is 6.60. The van der Waals surface area contributed by atoms with Gasteiger partial charge < -0.3 is 5.32 Å². The summed E-state index contributed by atoms with van der Waals surface area (Å²) in [5, 5.41) is 21.6. The molecular weight excluding hydrogens is 344 g/mol. The van der Waals surface area contributed by atoms with Gasteiger partial charge in [-0.05, 0) is 33.6 Å². The molecule has 0 fully saturated rings. The molecule has 0 spiro atoms. The van der Waals surface area contributed by atoms with Crippen LogP contribution in [-0.4, -0.2) is 27.5 Å². The summed E-state index contributed by atoms with van der Waals surface area (Å²) in [6, 6.07) is 4.95. The van der Waals surface area contributed by atoms with Crippen molar-refractivity contribution in [3.8, 4) is 0 Å². The van der Waals surface area contributed by atoms with Crippen LogP contribution in [0.4, 0.5) is 17.2 Å². The fraction of sp³-hybridized carbons (Fsp3) is 0.167. The first kappa shape index (κ1) is 15.6. The Hall–Kier alpha value is -1.78. The predicted molar refractivity (Wildman–Crippen MR) is 77.3 cm³/mol. The van der Waals surface area contributed by atoms with Crippen molar-refractivity contribution in [1.82, 2.24) is 9.97 Å². The zero-order valence-electron chi connectivity index (χ0n) is 11.0. The van der Waals surface area contributed by atoms with Gasteiger partial charge in [-0.3, -0.25) is 10.4 Å². The largest absolute Gasteiger partial charge is 0.337 e. The highest BCUT2D eigenvalue weighted by atomic mass is 79.9. The molecule has 3 N–H and O–H groups in total. The lowest BCUT2D eigenvalue weighted by Crippen LogP contribution is -2.13. The van der Waals surface area contributed by atoms with E-state index in [1.807, 2.05) is 0 Å². The van der Waals surface area contributed by atoms with Crippen molar-refractivity contribution in [1.29, 1.82) is 0 Å². The summed E-state index contributed by atoms with van der Waals surface area (Å²) in [7, 11) is 1.40. The van der Waals surface area contributed by atoms with Gasteiger partial charge in [-0.15, -0.1) is 5.23 Å². The topological polar surface area (TPSA) is 100.0 Å². The number of nitrogens with one attached hydrogen (secondary N) is 1. The third-order valence-electron chi connectivity index (χ3n) is 2.50. The molecule has 21 heavy (non-hydrogen) atoms. The van der Waals surface area contributed by atoms with Gasteiger partial charge >= 0.3 is 0 Å². The normalized spacial score (nSPS) is 10.5. The van der Waals surface area contributed by atoms with E-state index in [0.29, 0.717) is 21.7 Å². The van der Waals surface area contributed by atoms with Gasteiger partial charge in [0.2, 0.25) is 0 Å². The Bertz CT molecular complexity index is 594. The standard InChI is InChI=1S/C12H13BrN4O4/c1-20-21-7-8-2-3-9(10(4-8)17(18)19)16-12-6-14-11(13)5-15-12/h2-6,18-19H,7H2,1H3,(H,15,16). The molecule has 2 aromatic rings. The molecule has 0 saturated carbocycles. The Morgan fingerprint density at radius 1 is 1.29 bits per heavy atom. The number of benzene rings is 1. The lowest BCUT2D eigenvalue weighted by atomic mass is 10.2. The summed E-state index contributed by atoms with van der Waals surface area (Å²) in [4.78, 5) is 17.4. The van der Waals surface area contributed by atoms with E-state index in [-0.39, 0.29) is 17.5 Å². The highest BCUT2D eigenvalue weighted by Crippen LogP contribution is 2.28. The third kappa shape index (κ3) is 4.34. The number of hydrogen-bond donors (Lipinski definition) is 3. The van der Waals surface area contributed by atoms with Crippen molar-refractivity contribution in [3.05, 3.63) is 40.8 Å². The smallest absolute Gasteiger partial charge is 0.149 e. The molecule has 0 aliphatic carbocycles. The summed E-state index contributed by atoms with van der Waals surface area (Å²) in [5.41, 5.74) is 1.28. The minimum absolute atomic E-state index is 0.0188. The predicted octanol–water partition coefficient (Wildman–Crippen LogP) is 2.65. The van der Waals surface area contributed by atoms with Gasteiger partial charge in [0.05, 0.1) is 25.2 Å². The highest BCUT2D eigenvalue weighted by molar-refractivity contribution is 9.10. The van der Waals surface area contributed by atoms with Crippen LogP contribution in [0.1, 0.15) is 5.56 Å². The van der Waals surface area contributed by atoms with Gasteiger partial charge in [0.25, 0.3) is 0 Å². The molecule has 0 atom stereocenters. The summed E-state index contributed by atoms with van der Waals surface area (Å²) in [6.45, 7) is 0.176. The lowest BCUT2D eigenvalue weighted by Gasteiger charge is -2.16. The van der Waals surface area contributed by atoms with E-state index < -0.39 is 0 Å². The van der Waals surface area contributed by atoms with Crippen LogP contribution < -0.4 is 10.5 Å². The molecule has 0 unspecified atom stereocenters. The molecule has 1 aromatic heterocycles. The zero-order valence-corrected chi connectivity index (χ0v) is 12.6. The number of nitrogens with zero attached hydrogens (tertiary/aromatic N) is 3. The summed E-state index contributed by atoms with van der Waals surface area (Å²) in [6.07, 6.45) is 3.04. The second-order valence-corrected chi connectivity index (χ2v) is 4.73. The number of rotatable bonds is 6. The van der Waals surface area contributed by atoms with E-state index in [9.17, 15) is 10.4 Å². The van der Waals surface area contributed by atoms with Crippen molar-refractivity contribution in [3.63, 3.8) is 0 Å². The quantitative estimate of drug-likeness (QED) is 0.536. The molecule has 0 amide bonds. The molecule has 0 radical (unpaired) electrons. The van der Waals surface area contributed by atoms with Crippen molar-refractivity contribution in [2.45, 2.75) is 6.61 Å². The molecule has 1 aromatic carbocycles. The second kappa shape index (κ2) is 7.29. The van der Waals surface area contributed by atoms with Crippen LogP contribution in [0, 0.1) is 0 Å². The maximum atomic E-state index is 9.31. The first-order chi connectivity index (χ1) is 10.1. The van der Waals surface area contributed by atoms with E-state index in [1.165, 1.54) is 25.6 Å². The van der Waals surface area contributed by atoms with Crippen molar-refractivity contribution in [2.75, 3.05) is 17.7 Å². The Morgan fingerprint density at radius 3 is 2.71 bits per heavy atom. The van der Waals surface area contributed by atoms with E-state index in [4.69, 9.17) is 4.89 Å². The van der Waals surface area contributed by atoms with Gasteiger partial charge in [0, 0.05) is 0 Å². The van der Waals surface area contributed by atoms with Crippen LogP contribution in [0.25, 0.3) is 0 Å². The van der Waals surface area contributed by atoms with Gasteiger partial charge in [0.15, 0.2) is 0 Å². The third-order valence-corrected chi connectivity index (χ3v) is 2.91. The van der Waals surface area contributed by atoms with Gasteiger partial charge in [-0.25, -0.2) is 19.7 Å². The number of halogens is 1. The fourth-order valence-electron chi connectivity index (χ4n) is 1.58. The highest BCUT2D eigenvalue weighted by Gasteiger charge is 2.10. The molecule has 8 nitrogen and oxygen atoms in total. The number of anilines is 3. The maximum Gasteiger partial charge on any atom is 0.149 e. The fourth-order valence-corrected chi connectivity index (χ4v) is 1.78. The van der Waals surface area contributed by atoms with Crippen LogP contribution in [0.2, 0.25) is 0 Å². The van der Waals surface area contributed by atoms with E-state index in [0.717, 1.165) is 0 Å². The van der Waals surface area contributed by atoms with Crippen molar-refractivity contribution < 1.29 is 20.2 Å². The van der Waals surface area contributed by atoms with Gasteiger partial charge in [-0.1, -0.05) is 6.07 Å². The number of aromatic nitrogens is 2. The molecule has 0 bridgehead atoms. The molecule has 1 heterocycles. The van der Waals surface area contributed by atoms with Crippen molar-refractivity contribution >= 4 is 33.1 Å². The zero-order chi connectivity index (χ0) is 15.2. The van der Waals surface area contributed by atoms with Gasteiger partial charge in [-0.2, -0.15) is 0 Å². The van der Waals surface area contributed by atoms with Crippen LogP contribution in [0.5, 0.6) is 0 Å². The number of hydrogen-bond acceptors (Lipinski definition) is 8. The monoisotopic (exact) mass is 356 g/mol. The molecule has 9 heteroatoms. The van der Waals surface area contributed by atoms with Crippen molar-refractivity contribution in [2.24, 2.45) is 0 Å². The molecule has 0 aliphatic rings. The Balaban J connectivity index is 2.23. The molecule has 0 saturated heterocycles. The Morgan fingerprint density at radius 2 is 2.10 bits per heavy atom. The first-order valence-electron chi connectivity index (χ1n) is 5.81. The second-order valence-electron chi connectivity index (χ2n) is 3.92. The van der Waals surface area contributed by atoms with E-state index >= 15 is 0 Å². The average molecular weight is 357 g/mol. The molecular formula is C12H13BrN4O4.